The lowest BCUT2D eigenvalue weighted by molar-refractivity contribution is 0.324. The number of methoxy groups -OCH3 is 1. The van der Waals surface area contributed by atoms with Crippen molar-refractivity contribution in [3.05, 3.63) is 30.9 Å². The van der Waals surface area contributed by atoms with Crippen LogP contribution in [0.4, 0.5) is 12.9 Å². The van der Waals surface area contributed by atoms with Gasteiger partial charge in [-0.15, -0.1) is 6.58 Å². The molecule has 0 saturated heterocycles. The summed E-state index contributed by atoms with van der Waals surface area (Å²) in [5.74, 6) is -0.00424. The summed E-state index contributed by atoms with van der Waals surface area (Å²) < 4.78 is 48.2. The summed E-state index contributed by atoms with van der Waals surface area (Å²) in [5, 5.41) is 0. The van der Waals surface area contributed by atoms with Crippen molar-refractivity contribution >= 4 is 12.4 Å². The fourth-order valence-electron chi connectivity index (χ4n) is 1.29. The van der Waals surface area contributed by atoms with E-state index in [1.54, 1.807) is 6.08 Å². The van der Waals surface area contributed by atoms with Gasteiger partial charge in [-0.25, -0.2) is 0 Å². The first kappa shape index (κ1) is 13.5. The summed E-state index contributed by atoms with van der Waals surface area (Å²) >= 11 is 0. The highest BCUT2D eigenvalue weighted by Crippen LogP contribution is 2.22. The van der Waals surface area contributed by atoms with Gasteiger partial charge in [0.05, 0.1) is 19.5 Å². The highest BCUT2D eigenvalue weighted by atomic mass is 19.4. The van der Waals surface area contributed by atoms with E-state index < -0.39 is 12.4 Å². The zero-order valence-electron chi connectivity index (χ0n) is 9.46. The van der Waals surface area contributed by atoms with Gasteiger partial charge in [-0.05, 0) is 24.6 Å². The third kappa shape index (κ3) is 3.73. The molecule has 1 aromatic rings. The molecule has 0 fully saturated rings. The second kappa shape index (κ2) is 5.66. The third-order valence-corrected chi connectivity index (χ3v) is 2.15. The first-order valence-electron chi connectivity index (χ1n) is 5.10. The van der Waals surface area contributed by atoms with Crippen LogP contribution in [0, 0.1) is 0 Å². The molecule has 0 aliphatic heterocycles. The zero-order chi connectivity index (χ0) is 12.9. The number of ether oxygens (including phenoxy) is 2. The van der Waals surface area contributed by atoms with E-state index in [1.165, 1.54) is 19.2 Å². The number of halogens is 3. The minimum Gasteiger partial charge on any atom is -0.497 e. The summed E-state index contributed by atoms with van der Waals surface area (Å²) in [6.07, 6.45) is 2.08. The molecule has 0 aliphatic rings. The van der Waals surface area contributed by atoms with Crippen LogP contribution in [0.5, 0.6) is 11.5 Å². The predicted octanol–water partition coefficient (Wildman–Crippen LogP) is 2.70. The molecule has 0 bridgehead atoms. The lowest BCUT2D eigenvalue weighted by Gasteiger charge is -2.20. The average Bonchev–Trinajstić information content (AvgIpc) is 2.28. The van der Waals surface area contributed by atoms with E-state index in [1.807, 2.05) is 0 Å². The van der Waals surface area contributed by atoms with Crippen LogP contribution in [0.2, 0.25) is 0 Å². The molecule has 0 amide bonds. The minimum absolute atomic E-state index is 0.162. The Hall–Kier alpha value is -1.59. The van der Waals surface area contributed by atoms with Crippen LogP contribution in [0.15, 0.2) is 30.9 Å². The summed E-state index contributed by atoms with van der Waals surface area (Å²) in [7, 11) is 1.32. The smallest absolute Gasteiger partial charge is 0.497 e. The molecule has 6 heteroatoms. The Morgan fingerprint density at radius 1 is 1.35 bits per heavy atom. The fourth-order valence-corrected chi connectivity index (χ4v) is 1.29. The van der Waals surface area contributed by atoms with Crippen LogP contribution in [0.3, 0.4) is 0 Å². The average molecular weight is 245 g/mol. The van der Waals surface area contributed by atoms with Crippen molar-refractivity contribution in [3.63, 3.8) is 0 Å². The van der Waals surface area contributed by atoms with Gasteiger partial charge in [0.15, 0.2) is 0 Å². The van der Waals surface area contributed by atoms with Gasteiger partial charge in [-0.2, -0.15) is 0 Å². The highest BCUT2D eigenvalue weighted by Gasteiger charge is 2.29. The Morgan fingerprint density at radius 2 is 2.06 bits per heavy atom. The highest BCUT2D eigenvalue weighted by molar-refractivity contribution is 6.74. The maximum absolute atomic E-state index is 12.8. The Kier molecular flexibility index (Phi) is 4.49. The van der Waals surface area contributed by atoms with E-state index in [4.69, 9.17) is 9.47 Å². The van der Waals surface area contributed by atoms with Crippen molar-refractivity contribution < 1.29 is 22.4 Å². The van der Waals surface area contributed by atoms with E-state index in [-0.39, 0.29) is 18.1 Å². The zero-order valence-corrected chi connectivity index (χ0v) is 9.46. The van der Waals surface area contributed by atoms with Gasteiger partial charge >= 0.3 is 6.98 Å². The fraction of sp³-hybridized carbons (Fsp3) is 0.273. The molecule has 17 heavy (non-hydrogen) atoms. The van der Waals surface area contributed by atoms with Crippen LogP contribution in [-0.2, 0) is 0 Å². The Labute approximate surface area is 98.1 Å². The van der Waals surface area contributed by atoms with E-state index >= 15 is 0 Å². The molecule has 94 valence electrons. The Balaban J connectivity index is 2.98. The van der Waals surface area contributed by atoms with E-state index in [9.17, 15) is 12.9 Å². The molecule has 0 atom stereocenters. The molecule has 0 N–H and O–H groups in total. The number of hydrogen-bond donors (Lipinski definition) is 0. The van der Waals surface area contributed by atoms with Crippen molar-refractivity contribution in [1.29, 1.82) is 0 Å². The van der Waals surface area contributed by atoms with Crippen molar-refractivity contribution in [2.24, 2.45) is 0 Å². The second-order valence-electron chi connectivity index (χ2n) is 3.40. The van der Waals surface area contributed by atoms with Crippen molar-refractivity contribution in [1.82, 2.24) is 0 Å². The second-order valence-corrected chi connectivity index (χ2v) is 3.40. The molecular formula is C11H13BF3O2-. The van der Waals surface area contributed by atoms with E-state index in [2.05, 4.69) is 6.58 Å². The van der Waals surface area contributed by atoms with Crippen LogP contribution in [0.25, 0.3) is 0 Å². The standard InChI is InChI=1S/C11H13BF3O2/c1-3-4-7-17-11-6-5-9(16-2)8-10(11)12(13,14)15/h3,5-6,8H,1,4,7H2,2H3/q-1. The van der Waals surface area contributed by atoms with Crippen LogP contribution >= 0.6 is 0 Å². The Bertz CT molecular complexity index is 391. The third-order valence-electron chi connectivity index (χ3n) is 2.15. The lowest BCUT2D eigenvalue weighted by atomic mass is 9.79. The minimum atomic E-state index is -5.12. The van der Waals surface area contributed by atoms with Crippen LogP contribution in [0.1, 0.15) is 6.42 Å². The van der Waals surface area contributed by atoms with Gasteiger partial charge in [0.1, 0.15) is 5.75 Å². The molecular weight excluding hydrogens is 232 g/mol. The van der Waals surface area contributed by atoms with Gasteiger partial charge < -0.3 is 22.4 Å². The SMILES string of the molecule is C=CCCOc1ccc(OC)cc1[B-](F)(F)F. The molecule has 0 unspecified atom stereocenters. The van der Waals surface area contributed by atoms with E-state index in [0.717, 1.165) is 6.07 Å². The molecule has 1 rings (SSSR count). The van der Waals surface area contributed by atoms with Gasteiger partial charge in [0.25, 0.3) is 0 Å². The number of hydrogen-bond acceptors (Lipinski definition) is 2. The molecule has 2 nitrogen and oxygen atoms in total. The molecule has 0 radical (unpaired) electrons. The molecule has 0 aliphatic carbocycles. The van der Waals surface area contributed by atoms with Crippen molar-refractivity contribution in [3.8, 4) is 11.5 Å². The van der Waals surface area contributed by atoms with Gasteiger partial charge in [-0.1, -0.05) is 11.5 Å². The van der Waals surface area contributed by atoms with Crippen molar-refractivity contribution in [2.45, 2.75) is 6.42 Å². The summed E-state index contributed by atoms with van der Waals surface area (Å²) in [6, 6.07) is 3.66. The monoisotopic (exact) mass is 245 g/mol. The first-order chi connectivity index (χ1) is 7.99. The van der Waals surface area contributed by atoms with Gasteiger partial charge in [0.2, 0.25) is 0 Å². The molecule has 0 saturated carbocycles. The molecule has 1 aromatic carbocycles. The normalized spacial score (nSPS) is 11.1. The summed E-state index contributed by atoms with van der Waals surface area (Å²) in [6.45, 7) is -1.47. The predicted molar refractivity (Wildman–Crippen MR) is 62.0 cm³/mol. The maximum atomic E-state index is 12.8. The quantitative estimate of drug-likeness (QED) is 0.435. The Morgan fingerprint density at radius 3 is 2.59 bits per heavy atom. The van der Waals surface area contributed by atoms with Crippen molar-refractivity contribution in [2.75, 3.05) is 13.7 Å². The number of rotatable bonds is 6. The lowest BCUT2D eigenvalue weighted by Crippen LogP contribution is -2.35. The molecule has 0 aromatic heterocycles. The van der Waals surface area contributed by atoms with Crippen LogP contribution < -0.4 is 14.9 Å². The van der Waals surface area contributed by atoms with E-state index in [0.29, 0.717) is 6.42 Å². The number of benzene rings is 1. The summed E-state index contributed by atoms with van der Waals surface area (Å²) in [4.78, 5) is 0. The topological polar surface area (TPSA) is 18.5 Å². The van der Waals surface area contributed by atoms with Crippen LogP contribution in [-0.4, -0.2) is 20.7 Å². The first-order valence-corrected chi connectivity index (χ1v) is 5.10. The summed E-state index contributed by atoms with van der Waals surface area (Å²) in [5.41, 5.74) is -0.770. The molecule has 0 heterocycles. The molecule has 0 spiro atoms. The largest absolute Gasteiger partial charge is 0.513 e. The van der Waals surface area contributed by atoms with Gasteiger partial charge in [-0.3, -0.25) is 0 Å². The van der Waals surface area contributed by atoms with Gasteiger partial charge in [0, 0.05) is 0 Å². The maximum Gasteiger partial charge on any atom is 0.513 e.